The van der Waals surface area contributed by atoms with Crippen molar-refractivity contribution >= 4 is 22.4 Å². The molecule has 2 rings (SSSR count). The molecule has 5 heteroatoms. The van der Waals surface area contributed by atoms with Crippen LogP contribution in [-0.2, 0) is 4.79 Å². The van der Waals surface area contributed by atoms with Gasteiger partial charge in [0.05, 0.1) is 5.69 Å². The molecule has 0 saturated heterocycles. The highest BCUT2D eigenvalue weighted by molar-refractivity contribution is 7.14. The molecular formula is C25H39N3OS. The van der Waals surface area contributed by atoms with Crippen LogP contribution in [0.3, 0.4) is 0 Å². The van der Waals surface area contributed by atoms with E-state index in [2.05, 4.69) is 22.8 Å². The molecule has 0 radical (unpaired) electrons. The number of nitrogens with zero attached hydrogens (tertiary/aromatic N) is 1. The number of carbonyl (C=O) groups is 1. The molecule has 4 nitrogen and oxygen atoms in total. The van der Waals surface area contributed by atoms with Crippen LogP contribution in [0.2, 0.25) is 0 Å². The van der Waals surface area contributed by atoms with Gasteiger partial charge < -0.3 is 0 Å². The molecule has 0 saturated carbocycles. The van der Waals surface area contributed by atoms with Crippen molar-refractivity contribution in [3.63, 3.8) is 0 Å². The Morgan fingerprint density at radius 1 is 0.833 bits per heavy atom. The maximum Gasteiger partial charge on any atom is 0.238 e. The number of anilines is 1. The number of benzene rings is 1. The number of rotatable bonds is 17. The second-order valence-electron chi connectivity index (χ2n) is 8.07. The van der Waals surface area contributed by atoms with Crippen molar-refractivity contribution in [2.45, 2.75) is 96.8 Å². The van der Waals surface area contributed by atoms with Crippen molar-refractivity contribution in [1.82, 2.24) is 10.4 Å². The second-order valence-corrected chi connectivity index (χ2v) is 8.93. The number of hydrazine groups is 1. The second kappa shape index (κ2) is 15.9. The molecule has 0 fully saturated rings. The van der Waals surface area contributed by atoms with Crippen LogP contribution in [0.4, 0.5) is 5.13 Å². The van der Waals surface area contributed by atoms with Crippen LogP contribution in [0.5, 0.6) is 0 Å². The van der Waals surface area contributed by atoms with E-state index >= 15 is 0 Å². The van der Waals surface area contributed by atoms with Gasteiger partial charge in [-0.1, -0.05) is 114 Å². The maximum atomic E-state index is 12.0. The molecule has 0 spiro atoms. The Labute approximate surface area is 186 Å². The number of amides is 1. The van der Waals surface area contributed by atoms with Gasteiger partial charge in [-0.3, -0.25) is 15.6 Å². The first-order valence-electron chi connectivity index (χ1n) is 11.9. The lowest BCUT2D eigenvalue weighted by molar-refractivity contribution is -0.120. The van der Waals surface area contributed by atoms with E-state index in [1.807, 2.05) is 35.7 Å². The normalized spacial score (nSPS) is 10.8. The van der Waals surface area contributed by atoms with Crippen LogP contribution >= 0.6 is 11.3 Å². The minimum atomic E-state index is 0.0366. The molecule has 0 aliphatic heterocycles. The first-order valence-corrected chi connectivity index (χ1v) is 12.7. The molecule has 0 atom stereocenters. The zero-order chi connectivity index (χ0) is 21.3. The fourth-order valence-corrected chi connectivity index (χ4v) is 4.23. The van der Waals surface area contributed by atoms with Gasteiger partial charge in [-0.05, 0) is 6.42 Å². The third-order valence-corrected chi connectivity index (χ3v) is 6.15. The van der Waals surface area contributed by atoms with Crippen molar-refractivity contribution in [2.24, 2.45) is 0 Å². The molecule has 0 aliphatic carbocycles. The Morgan fingerprint density at radius 3 is 2.00 bits per heavy atom. The number of nitrogens with one attached hydrogen (secondary N) is 2. The number of hydrogen-bond donors (Lipinski definition) is 2. The largest absolute Gasteiger partial charge is 0.273 e. The number of carbonyl (C=O) groups excluding carboxylic acids is 1. The van der Waals surface area contributed by atoms with Gasteiger partial charge >= 0.3 is 0 Å². The topological polar surface area (TPSA) is 54.0 Å². The maximum absolute atomic E-state index is 12.0. The van der Waals surface area contributed by atoms with Crippen LogP contribution in [-0.4, -0.2) is 10.9 Å². The Morgan fingerprint density at radius 2 is 1.40 bits per heavy atom. The van der Waals surface area contributed by atoms with Gasteiger partial charge in [0.15, 0.2) is 0 Å². The Bertz CT molecular complexity index is 687. The molecule has 1 aromatic carbocycles. The fourth-order valence-electron chi connectivity index (χ4n) is 3.56. The summed E-state index contributed by atoms with van der Waals surface area (Å²) in [5.41, 5.74) is 7.71. The summed E-state index contributed by atoms with van der Waals surface area (Å²) >= 11 is 1.50. The van der Waals surface area contributed by atoms with Crippen molar-refractivity contribution < 1.29 is 4.79 Å². The zero-order valence-corrected chi connectivity index (χ0v) is 19.4. The van der Waals surface area contributed by atoms with E-state index in [-0.39, 0.29) is 5.91 Å². The summed E-state index contributed by atoms with van der Waals surface area (Å²) < 4.78 is 0. The summed E-state index contributed by atoms with van der Waals surface area (Å²) in [5, 5.41) is 2.71. The minimum absolute atomic E-state index is 0.0366. The summed E-state index contributed by atoms with van der Waals surface area (Å²) in [5.74, 6) is 0.0366. The third-order valence-electron chi connectivity index (χ3n) is 5.39. The van der Waals surface area contributed by atoms with Crippen LogP contribution in [0, 0.1) is 0 Å². The molecule has 2 N–H and O–H groups in total. The number of hydrogen-bond acceptors (Lipinski definition) is 4. The molecule has 1 aromatic heterocycles. The predicted molar refractivity (Wildman–Crippen MR) is 130 cm³/mol. The minimum Gasteiger partial charge on any atom is -0.273 e. The van der Waals surface area contributed by atoms with E-state index in [4.69, 9.17) is 0 Å². The monoisotopic (exact) mass is 429 g/mol. The van der Waals surface area contributed by atoms with Gasteiger partial charge in [0.25, 0.3) is 0 Å². The van der Waals surface area contributed by atoms with Gasteiger partial charge in [0.2, 0.25) is 11.0 Å². The van der Waals surface area contributed by atoms with Gasteiger partial charge in [0, 0.05) is 17.4 Å². The first kappa shape index (κ1) is 24.4. The molecule has 1 heterocycles. The van der Waals surface area contributed by atoms with Crippen molar-refractivity contribution in [3.8, 4) is 11.3 Å². The average Bonchev–Trinajstić information content (AvgIpc) is 3.25. The molecule has 166 valence electrons. The van der Waals surface area contributed by atoms with E-state index in [1.54, 1.807) is 0 Å². The van der Waals surface area contributed by atoms with Crippen LogP contribution in [0.15, 0.2) is 35.7 Å². The molecule has 0 bridgehead atoms. The van der Waals surface area contributed by atoms with Gasteiger partial charge in [-0.25, -0.2) is 4.98 Å². The van der Waals surface area contributed by atoms with Crippen LogP contribution in [0.1, 0.15) is 96.8 Å². The molecule has 1 amide bonds. The molecule has 0 unspecified atom stereocenters. The SMILES string of the molecule is CCCCCCCCCCCCCCCC(=O)NNc1nc(-c2ccccc2)cs1. The molecule has 30 heavy (non-hydrogen) atoms. The summed E-state index contributed by atoms with van der Waals surface area (Å²) in [7, 11) is 0. The number of thiazole rings is 1. The first-order chi connectivity index (χ1) is 14.8. The highest BCUT2D eigenvalue weighted by atomic mass is 32.1. The third kappa shape index (κ3) is 10.8. The summed E-state index contributed by atoms with van der Waals surface area (Å²) in [6.07, 6.45) is 17.7. The van der Waals surface area contributed by atoms with E-state index < -0.39 is 0 Å². The summed E-state index contributed by atoms with van der Waals surface area (Å²) in [6, 6.07) is 10.1. The Balaban J connectivity index is 1.42. The zero-order valence-electron chi connectivity index (χ0n) is 18.6. The van der Waals surface area contributed by atoms with Crippen molar-refractivity contribution in [2.75, 3.05) is 5.43 Å². The highest BCUT2D eigenvalue weighted by Crippen LogP contribution is 2.24. The number of aromatic nitrogens is 1. The molecule has 0 aliphatic rings. The van der Waals surface area contributed by atoms with Crippen molar-refractivity contribution in [1.29, 1.82) is 0 Å². The lowest BCUT2D eigenvalue weighted by atomic mass is 10.0. The van der Waals surface area contributed by atoms with E-state index in [9.17, 15) is 4.79 Å². The quantitative estimate of drug-likeness (QED) is 0.200. The Kier molecular flexibility index (Phi) is 12.9. The smallest absolute Gasteiger partial charge is 0.238 e. The standard InChI is InChI=1S/C25H39N3OS/c1-2-3-4-5-6-7-8-9-10-11-12-13-17-20-24(29)27-28-25-26-23(21-30-25)22-18-15-14-16-19-22/h14-16,18-19,21H,2-13,17,20H2,1H3,(H,26,28)(H,27,29). The van der Waals surface area contributed by atoms with Crippen LogP contribution < -0.4 is 10.9 Å². The van der Waals surface area contributed by atoms with Gasteiger partial charge in [-0.15, -0.1) is 11.3 Å². The fraction of sp³-hybridized carbons (Fsp3) is 0.600. The number of unbranched alkanes of at least 4 members (excludes halogenated alkanes) is 12. The lowest BCUT2D eigenvalue weighted by Gasteiger charge is -2.06. The van der Waals surface area contributed by atoms with Crippen molar-refractivity contribution in [3.05, 3.63) is 35.7 Å². The molecule has 2 aromatic rings. The van der Waals surface area contributed by atoms with E-state index in [1.165, 1.54) is 82.0 Å². The van der Waals surface area contributed by atoms with Gasteiger partial charge in [-0.2, -0.15) is 0 Å². The lowest BCUT2D eigenvalue weighted by Crippen LogP contribution is -2.28. The summed E-state index contributed by atoms with van der Waals surface area (Å²) in [6.45, 7) is 2.27. The van der Waals surface area contributed by atoms with E-state index in [0.29, 0.717) is 11.6 Å². The average molecular weight is 430 g/mol. The predicted octanol–water partition coefficient (Wildman–Crippen LogP) is 7.73. The Hall–Kier alpha value is -1.88. The van der Waals surface area contributed by atoms with Crippen LogP contribution in [0.25, 0.3) is 11.3 Å². The van der Waals surface area contributed by atoms with E-state index in [0.717, 1.165) is 24.1 Å². The highest BCUT2D eigenvalue weighted by Gasteiger charge is 2.05. The summed E-state index contributed by atoms with van der Waals surface area (Å²) in [4.78, 5) is 16.5. The van der Waals surface area contributed by atoms with Gasteiger partial charge in [0.1, 0.15) is 0 Å². The molecular weight excluding hydrogens is 390 g/mol.